The number of thiazole rings is 1. The lowest BCUT2D eigenvalue weighted by Crippen LogP contribution is -2.29. The lowest BCUT2D eigenvalue weighted by atomic mass is 9.98. The lowest BCUT2D eigenvalue weighted by molar-refractivity contribution is 0.0971. The fourth-order valence-electron chi connectivity index (χ4n) is 3.59. The van der Waals surface area contributed by atoms with Crippen molar-refractivity contribution in [1.82, 2.24) is 4.98 Å². The fourth-order valence-corrected chi connectivity index (χ4v) is 4.77. The number of hydrogen-bond acceptors (Lipinski definition) is 5. The molecular formula is C21H12BrFN2O3S. The molecule has 4 aromatic rings. The highest BCUT2D eigenvalue weighted by Crippen LogP contribution is 2.42. The molecule has 0 spiro atoms. The fraction of sp³-hybridized carbons (Fsp3) is 0.0952. The second-order valence-electron chi connectivity index (χ2n) is 6.72. The molecule has 0 radical (unpaired) electrons. The monoisotopic (exact) mass is 470 g/mol. The van der Waals surface area contributed by atoms with Crippen LogP contribution in [0.3, 0.4) is 0 Å². The third-order valence-corrected chi connectivity index (χ3v) is 6.26. The van der Waals surface area contributed by atoms with Crippen molar-refractivity contribution < 1.29 is 13.6 Å². The number of anilines is 1. The number of carbonyl (C=O) groups is 1. The molecule has 2 aromatic carbocycles. The summed E-state index contributed by atoms with van der Waals surface area (Å²) in [6, 6.07) is 10.1. The average molecular weight is 471 g/mol. The maximum Gasteiger partial charge on any atom is 0.297 e. The van der Waals surface area contributed by atoms with Crippen molar-refractivity contribution >= 4 is 49.3 Å². The molecular weight excluding hydrogens is 459 g/mol. The van der Waals surface area contributed by atoms with Crippen LogP contribution in [0, 0.1) is 12.7 Å². The minimum absolute atomic E-state index is 0.0352. The molecule has 0 unspecified atom stereocenters. The Morgan fingerprint density at radius 1 is 1.21 bits per heavy atom. The summed E-state index contributed by atoms with van der Waals surface area (Å²) in [7, 11) is 0. The van der Waals surface area contributed by atoms with E-state index < -0.39 is 17.8 Å². The van der Waals surface area contributed by atoms with Gasteiger partial charge in [-0.2, -0.15) is 0 Å². The Balaban J connectivity index is 1.84. The molecule has 1 aliphatic rings. The van der Waals surface area contributed by atoms with Gasteiger partial charge in [0.2, 0.25) is 5.76 Å². The van der Waals surface area contributed by atoms with E-state index in [0.29, 0.717) is 21.7 Å². The van der Waals surface area contributed by atoms with Crippen LogP contribution in [0.1, 0.15) is 33.4 Å². The van der Waals surface area contributed by atoms with Crippen molar-refractivity contribution in [3.05, 3.63) is 90.9 Å². The molecule has 0 bridgehead atoms. The lowest BCUT2D eigenvalue weighted by Gasteiger charge is -2.22. The molecule has 1 amide bonds. The molecule has 0 saturated carbocycles. The van der Waals surface area contributed by atoms with Gasteiger partial charge >= 0.3 is 0 Å². The minimum atomic E-state index is -0.821. The Morgan fingerprint density at radius 3 is 2.76 bits per heavy atom. The van der Waals surface area contributed by atoms with Gasteiger partial charge in [0.1, 0.15) is 11.4 Å². The maximum absolute atomic E-state index is 14.0. The summed E-state index contributed by atoms with van der Waals surface area (Å²) < 4.78 is 20.6. The third-order valence-electron chi connectivity index (χ3n) is 4.81. The van der Waals surface area contributed by atoms with Crippen LogP contribution in [-0.4, -0.2) is 10.9 Å². The Kier molecular flexibility index (Phi) is 4.15. The number of aromatic nitrogens is 1. The molecule has 5 rings (SSSR count). The van der Waals surface area contributed by atoms with Gasteiger partial charge in [-0.05, 0) is 42.8 Å². The van der Waals surface area contributed by atoms with Crippen LogP contribution in [0.4, 0.5) is 9.52 Å². The van der Waals surface area contributed by atoms with Gasteiger partial charge in [-0.15, -0.1) is 11.3 Å². The first kappa shape index (κ1) is 18.2. The smallest absolute Gasteiger partial charge is 0.297 e. The van der Waals surface area contributed by atoms with E-state index in [0.717, 1.165) is 10.2 Å². The first-order valence-electron chi connectivity index (χ1n) is 8.71. The highest BCUT2D eigenvalue weighted by molar-refractivity contribution is 9.10. The largest absolute Gasteiger partial charge is 0.450 e. The number of nitrogens with zero attached hydrogens (tertiary/aromatic N) is 2. The molecule has 1 atom stereocenters. The summed E-state index contributed by atoms with van der Waals surface area (Å²) in [5, 5.41) is 2.60. The van der Waals surface area contributed by atoms with Gasteiger partial charge in [0.05, 0.1) is 22.7 Å². The minimum Gasteiger partial charge on any atom is -0.450 e. The van der Waals surface area contributed by atoms with Crippen LogP contribution in [0.2, 0.25) is 0 Å². The maximum atomic E-state index is 14.0. The number of halogens is 2. The zero-order valence-corrected chi connectivity index (χ0v) is 17.4. The Hall–Kier alpha value is -2.84. The standard InChI is InChI=1S/C21H12BrFN2O3S/c1-10-9-29-21(24-10)25-17(11-3-2-4-13(23)7-11)16-18(26)14-8-12(22)5-6-15(14)28-19(16)20(25)27/h2-9,17H,1H3/t17-/m0/s1. The van der Waals surface area contributed by atoms with Crippen LogP contribution < -0.4 is 10.3 Å². The Bertz CT molecular complexity index is 1360. The van der Waals surface area contributed by atoms with Crippen LogP contribution >= 0.6 is 27.3 Å². The molecule has 1 aliphatic heterocycles. The number of aryl methyl sites for hydroxylation is 1. The molecule has 2 aromatic heterocycles. The third kappa shape index (κ3) is 2.82. The van der Waals surface area contributed by atoms with Crippen LogP contribution in [0.5, 0.6) is 0 Å². The molecule has 0 saturated heterocycles. The molecule has 5 nitrogen and oxygen atoms in total. The van der Waals surface area contributed by atoms with E-state index in [1.165, 1.54) is 28.4 Å². The SMILES string of the molecule is Cc1csc(N2C(=O)c3oc4ccc(Br)cc4c(=O)c3[C@@H]2c2cccc(F)c2)n1. The quantitative estimate of drug-likeness (QED) is 0.403. The van der Waals surface area contributed by atoms with E-state index in [2.05, 4.69) is 20.9 Å². The first-order valence-corrected chi connectivity index (χ1v) is 10.4. The van der Waals surface area contributed by atoms with Crippen LogP contribution in [0.15, 0.2) is 61.5 Å². The summed E-state index contributed by atoms with van der Waals surface area (Å²) in [5.41, 5.74) is 1.42. The van der Waals surface area contributed by atoms with Crippen molar-refractivity contribution in [3.8, 4) is 0 Å². The predicted octanol–water partition coefficient (Wildman–Crippen LogP) is 5.21. The number of hydrogen-bond donors (Lipinski definition) is 0. The summed E-state index contributed by atoms with van der Waals surface area (Å²) >= 11 is 4.65. The summed E-state index contributed by atoms with van der Waals surface area (Å²) in [4.78, 5) is 32.5. The van der Waals surface area contributed by atoms with E-state index in [4.69, 9.17) is 4.42 Å². The number of amides is 1. The van der Waals surface area contributed by atoms with Gasteiger partial charge in [-0.1, -0.05) is 28.1 Å². The number of rotatable bonds is 2. The number of carbonyl (C=O) groups excluding carboxylic acids is 1. The summed E-state index contributed by atoms with van der Waals surface area (Å²) in [5.74, 6) is -0.955. The van der Waals surface area contributed by atoms with Crippen molar-refractivity contribution in [2.75, 3.05) is 4.90 Å². The van der Waals surface area contributed by atoms with Gasteiger partial charge in [0.15, 0.2) is 10.6 Å². The zero-order valence-electron chi connectivity index (χ0n) is 15.0. The zero-order chi connectivity index (χ0) is 20.3. The first-order chi connectivity index (χ1) is 13.9. The van der Waals surface area contributed by atoms with Crippen molar-refractivity contribution in [1.29, 1.82) is 0 Å². The van der Waals surface area contributed by atoms with Crippen molar-refractivity contribution in [3.63, 3.8) is 0 Å². The van der Waals surface area contributed by atoms with Crippen molar-refractivity contribution in [2.24, 2.45) is 0 Å². The molecule has 0 aliphatic carbocycles. The van der Waals surface area contributed by atoms with E-state index in [-0.39, 0.29) is 16.8 Å². The van der Waals surface area contributed by atoms with E-state index in [1.54, 1.807) is 30.3 Å². The highest BCUT2D eigenvalue weighted by Gasteiger charge is 2.44. The van der Waals surface area contributed by atoms with Gasteiger partial charge < -0.3 is 4.42 Å². The van der Waals surface area contributed by atoms with Crippen LogP contribution in [-0.2, 0) is 0 Å². The van der Waals surface area contributed by atoms with Gasteiger partial charge in [-0.25, -0.2) is 9.37 Å². The Morgan fingerprint density at radius 2 is 2.03 bits per heavy atom. The summed E-state index contributed by atoms with van der Waals surface area (Å²) in [6.07, 6.45) is 0. The molecule has 0 fully saturated rings. The molecule has 29 heavy (non-hydrogen) atoms. The predicted molar refractivity (Wildman–Crippen MR) is 112 cm³/mol. The van der Waals surface area contributed by atoms with E-state index >= 15 is 0 Å². The van der Waals surface area contributed by atoms with Gasteiger partial charge in [0, 0.05) is 9.85 Å². The second kappa shape index (κ2) is 6.60. The molecule has 3 heterocycles. The average Bonchev–Trinajstić information content (AvgIpc) is 3.24. The van der Waals surface area contributed by atoms with Crippen molar-refractivity contribution in [2.45, 2.75) is 13.0 Å². The topological polar surface area (TPSA) is 63.4 Å². The summed E-state index contributed by atoms with van der Waals surface area (Å²) in [6.45, 7) is 1.82. The molecule has 144 valence electrons. The normalized spacial score (nSPS) is 15.9. The molecule has 0 N–H and O–H groups in total. The van der Waals surface area contributed by atoms with E-state index in [1.807, 2.05) is 12.3 Å². The Labute approximate surface area is 176 Å². The number of fused-ring (bicyclic) bond motifs is 2. The van der Waals surface area contributed by atoms with E-state index in [9.17, 15) is 14.0 Å². The van der Waals surface area contributed by atoms with Gasteiger partial charge in [0.25, 0.3) is 5.91 Å². The highest BCUT2D eigenvalue weighted by atomic mass is 79.9. The second-order valence-corrected chi connectivity index (χ2v) is 8.47. The van der Waals surface area contributed by atoms with Crippen LogP contribution in [0.25, 0.3) is 11.0 Å². The molecule has 8 heteroatoms. The number of benzene rings is 2. The van der Waals surface area contributed by atoms with Gasteiger partial charge in [-0.3, -0.25) is 14.5 Å².